The number of hydrogen-bond donors (Lipinski definition) is 3. The summed E-state index contributed by atoms with van der Waals surface area (Å²) in [5, 5.41) is 29.3. The van der Waals surface area contributed by atoms with Crippen molar-refractivity contribution in [1.29, 1.82) is 0 Å². The van der Waals surface area contributed by atoms with Crippen LogP contribution in [0.4, 0.5) is 0 Å². The zero-order chi connectivity index (χ0) is 16.4. The van der Waals surface area contributed by atoms with E-state index in [0.717, 1.165) is 16.8 Å². The van der Waals surface area contributed by atoms with Gasteiger partial charge in [0.25, 0.3) is 0 Å². The average Bonchev–Trinajstić information content (AvgIpc) is 2.56. The molecule has 0 aliphatic carbocycles. The molecule has 122 valence electrons. The molecule has 6 nitrogen and oxygen atoms in total. The minimum absolute atomic E-state index is 0.305. The molecule has 1 aliphatic rings. The second kappa shape index (κ2) is 6.84. The van der Waals surface area contributed by atoms with Crippen molar-refractivity contribution in [3.63, 3.8) is 0 Å². The van der Waals surface area contributed by atoms with Crippen molar-refractivity contribution < 1.29 is 20.1 Å². The highest BCUT2D eigenvalue weighted by atomic mass is 32.2. The molecule has 0 radical (unpaired) electrons. The van der Waals surface area contributed by atoms with Gasteiger partial charge in [0, 0.05) is 29.4 Å². The van der Waals surface area contributed by atoms with Crippen LogP contribution in [0.2, 0.25) is 0 Å². The molecule has 0 aromatic carbocycles. The first-order valence-corrected chi connectivity index (χ1v) is 8.30. The highest BCUT2D eigenvalue weighted by Gasteiger charge is 2.38. The molecule has 1 fully saturated rings. The quantitative estimate of drug-likeness (QED) is 0.770. The van der Waals surface area contributed by atoms with Gasteiger partial charge in [-0.25, -0.2) is 0 Å². The Labute approximate surface area is 138 Å². The molecule has 0 unspecified atom stereocenters. The van der Waals surface area contributed by atoms with Crippen LogP contribution in [0.15, 0.2) is 36.8 Å². The second-order valence-corrected chi connectivity index (χ2v) is 6.59. The molecule has 7 heteroatoms. The van der Waals surface area contributed by atoms with Gasteiger partial charge in [-0.2, -0.15) is 0 Å². The zero-order valence-electron chi connectivity index (χ0n) is 12.5. The zero-order valence-corrected chi connectivity index (χ0v) is 13.3. The Balaban J connectivity index is 1.78. The lowest BCUT2D eigenvalue weighted by atomic mass is 10.1. The van der Waals surface area contributed by atoms with Gasteiger partial charge in [-0.1, -0.05) is 0 Å². The van der Waals surface area contributed by atoms with Crippen LogP contribution in [0.5, 0.6) is 5.75 Å². The van der Waals surface area contributed by atoms with E-state index in [4.69, 9.17) is 4.74 Å². The van der Waals surface area contributed by atoms with Gasteiger partial charge in [0.2, 0.25) is 0 Å². The van der Waals surface area contributed by atoms with Crippen molar-refractivity contribution in [3.05, 3.63) is 42.5 Å². The van der Waals surface area contributed by atoms with Gasteiger partial charge in [-0.3, -0.25) is 9.97 Å². The fourth-order valence-electron chi connectivity index (χ4n) is 2.38. The largest absolute Gasteiger partial charge is 0.475 e. The third-order valence-corrected chi connectivity index (χ3v) is 4.89. The predicted molar refractivity (Wildman–Crippen MR) is 87.1 cm³/mol. The van der Waals surface area contributed by atoms with Gasteiger partial charge in [0.1, 0.15) is 18.0 Å². The van der Waals surface area contributed by atoms with E-state index in [9.17, 15) is 15.3 Å². The molecule has 1 saturated heterocycles. The van der Waals surface area contributed by atoms with Gasteiger partial charge < -0.3 is 20.1 Å². The van der Waals surface area contributed by atoms with E-state index >= 15 is 0 Å². The van der Waals surface area contributed by atoms with E-state index in [0.29, 0.717) is 11.5 Å². The van der Waals surface area contributed by atoms with Crippen molar-refractivity contribution in [2.24, 2.45) is 0 Å². The summed E-state index contributed by atoms with van der Waals surface area (Å²) in [6.07, 6.45) is 1.71. The number of nitrogens with zero attached hydrogens (tertiary/aromatic N) is 2. The summed E-state index contributed by atoms with van der Waals surface area (Å²) in [4.78, 5) is 8.33. The van der Waals surface area contributed by atoms with E-state index < -0.39 is 23.7 Å². The van der Waals surface area contributed by atoms with Crippen molar-refractivity contribution >= 4 is 11.8 Å². The molecule has 0 spiro atoms. The van der Waals surface area contributed by atoms with Gasteiger partial charge in [0.15, 0.2) is 5.44 Å². The maximum atomic E-state index is 10.0. The third-order valence-electron chi connectivity index (χ3n) is 3.65. The van der Waals surface area contributed by atoms with Crippen LogP contribution in [-0.4, -0.2) is 54.8 Å². The predicted octanol–water partition coefficient (Wildman–Crippen LogP) is 0.986. The van der Waals surface area contributed by atoms with Crippen LogP contribution < -0.4 is 4.74 Å². The minimum atomic E-state index is -1.21. The summed E-state index contributed by atoms with van der Waals surface area (Å²) in [5.74, 6) is 0.802. The number of aliphatic hydroxyl groups is 3. The lowest BCUT2D eigenvalue weighted by Crippen LogP contribution is -2.50. The number of pyridine rings is 2. The first kappa shape index (κ1) is 16.2. The number of aliphatic hydroxyl groups excluding tert-OH is 3. The summed E-state index contributed by atoms with van der Waals surface area (Å²) < 4.78 is 5.74. The van der Waals surface area contributed by atoms with Crippen LogP contribution in [0, 0.1) is 6.92 Å². The van der Waals surface area contributed by atoms with Crippen LogP contribution in [-0.2, 0) is 0 Å². The molecule has 0 bridgehead atoms. The molecule has 23 heavy (non-hydrogen) atoms. The lowest BCUT2D eigenvalue weighted by molar-refractivity contribution is -0.0786. The minimum Gasteiger partial charge on any atom is -0.475 e. The molecular weight excluding hydrogens is 316 g/mol. The van der Waals surface area contributed by atoms with E-state index in [1.165, 1.54) is 11.8 Å². The molecular formula is C16H18N2O4S. The standard InChI is InChI=1S/C16H18N2O4S/c1-9-4-10(2-3-18-9)11-5-12(7-17-6-11)22-16-15(21)14(20)13(19)8-23-16/h2-7,13-16,19-21H,8H2,1H3/t13-,14+,15-,16-/m1/s1. The lowest BCUT2D eigenvalue weighted by Gasteiger charge is -2.34. The highest BCUT2D eigenvalue weighted by molar-refractivity contribution is 7.99. The third kappa shape index (κ3) is 3.64. The summed E-state index contributed by atoms with van der Waals surface area (Å²) in [7, 11) is 0. The van der Waals surface area contributed by atoms with Crippen LogP contribution in [0.25, 0.3) is 11.1 Å². The molecule has 3 rings (SSSR count). The van der Waals surface area contributed by atoms with Gasteiger partial charge in [-0.05, 0) is 30.7 Å². The van der Waals surface area contributed by atoms with E-state index in [2.05, 4.69) is 9.97 Å². The maximum absolute atomic E-state index is 10.0. The van der Waals surface area contributed by atoms with Crippen LogP contribution in [0.3, 0.4) is 0 Å². The molecule has 1 aliphatic heterocycles. The average molecular weight is 334 g/mol. The molecule has 3 N–H and O–H groups in total. The molecule has 4 atom stereocenters. The Morgan fingerprint density at radius 2 is 1.96 bits per heavy atom. The first-order valence-electron chi connectivity index (χ1n) is 7.25. The monoisotopic (exact) mass is 334 g/mol. The molecule has 3 heterocycles. The number of aryl methyl sites for hydroxylation is 1. The SMILES string of the molecule is Cc1cc(-c2cncc(O[C@@H]3SC[C@@H](O)[C@H](O)[C@H]3O)c2)ccn1. The summed E-state index contributed by atoms with van der Waals surface area (Å²) in [6, 6.07) is 5.66. The van der Waals surface area contributed by atoms with Crippen LogP contribution >= 0.6 is 11.8 Å². The summed E-state index contributed by atoms with van der Waals surface area (Å²) >= 11 is 1.26. The Hall–Kier alpha value is -1.67. The van der Waals surface area contributed by atoms with Gasteiger partial charge in [0.05, 0.1) is 12.3 Å². The Bertz CT molecular complexity index is 685. The Morgan fingerprint density at radius 1 is 1.13 bits per heavy atom. The maximum Gasteiger partial charge on any atom is 0.173 e. The van der Waals surface area contributed by atoms with Gasteiger partial charge >= 0.3 is 0 Å². The Morgan fingerprint density at radius 3 is 2.74 bits per heavy atom. The second-order valence-electron chi connectivity index (χ2n) is 5.46. The molecule has 0 saturated carbocycles. The van der Waals surface area contributed by atoms with E-state index in [-0.39, 0.29) is 0 Å². The fourth-order valence-corrected chi connectivity index (χ4v) is 3.50. The topological polar surface area (TPSA) is 95.7 Å². The highest BCUT2D eigenvalue weighted by Crippen LogP contribution is 2.30. The normalized spacial score (nSPS) is 27.7. The van der Waals surface area contributed by atoms with Crippen molar-refractivity contribution in [1.82, 2.24) is 9.97 Å². The van der Waals surface area contributed by atoms with E-state index in [1.807, 2.05) is 25.1 Å². The molecule has 2 aromatic heterocycles. The summed E-state index contributed by atoms with van der Waals surface area (Å²) in [6.45, 7) is 1.92. The number of thioether (sulfide) groups is 1. The van der Waals surface area contributed by atoms with Crippen LogP contribution in [0.1, 0.15) is 5.69 Å². The first-order chi connectivity index (χ1) is 11.0. The van der Waals surface area contributed by atoms with Crippen molar-refractivity contribution in [2.75, 3.05) is 5.75 Å². The number of rotatable bonds is 3. The smallest absolute Gasteiger partial charge is 0.173 e. The van der Waals surface area contributed by atoms with Crippen molar-refractivity contribution in [2.45, 2.75) is 30.7 Å². The summed E-state index contributed by atoms with van der Waals surface area (Å²) in [5.41, 5.74) is 2.11. The van der Waals surface area contributed by atoms with E-state index in [1.54, 1.807) is 18.6 Å². The van der Waals surface area contributed by atoms with Gasteiger partial charge in [-0.15, -0.1) is 11.8 Å². The number of ether oxygens (including phenoxy) is 1. The Kier molecular flexibility index (Phi) is 4.82. The molecule has 0 amide bonds. The molecule has 2 aromatic rings. The number of aromatic nitrogens is 2. The fraction of sp³-hybridized carbons (Fsp3) is 0.375. The number of hydrogen-bond acceptors (Lipinski definition) is 7. The van der Waals surface area contributed by atoms with Crippen molar-refractivity contribution in [3.8, 4) is 16.9 Å².